The van der Waals surface area contributed by atoms with E-state index in [1.54, 1.807) is 0 Å². The van der Waals surface area contributed by atoms with Crippen molar-refractivity contribution in [2.45, 2.75) is 46.1 Å². The Hall–Kier alpha value is -0.0800. The molecule has 0 bridgehead atoms. The molecule has 84 valence electrons. The van der Waals surface area contributed by atoms with Gasteiger partial charge in [-0.1, -0.05) is 13.8 Å². The standard InChI is InChI=1S/C12H25NO/c1-10(2)9-14-8-7-12(5-6-12)11(3)13-4/h10-11,13H,5-9H2,1-4H3. The SMILES string of the molecule is CNC(C)C1(CCOCC(C)C)CC1. The molecule has 2 heteroatoms. The minimum Gasteiger partial charge on any atom is -0.381 e. The van der Waals surface area contributed by atoms with Crippen LogP contribution in [0.25, 0.3) is 0 Å². The van der Waals surface area contributed by atoms with E-state index in [4.69, 9.17) is 4.74 Å². The molecule has 0 aromatic carbocycles. The van der Waals surface area contributed by atoms with Gasteiger partial charge in [-0.15, -0.1) is 0 Å². The highest BCUT2D eigenvalue weighted by Gasteiger charge is 2.46. The number of rotatable bonds is 7. The third kappa shape index (κ3) is 3.25. The van der Waals surface area contributed by atoms with Crippen molar-refractivity contribution >= 4 is 0 Å². The van der Waals surface area contributed by atoms with Crippen molar-refractivity contribution in [1.29, 1.82) is 0 Å². The molecule has 1 atom stereocenters. The van der Waals surface area contributed by atoms with Crippen molar-refractivity contribution in [3.05, 3.63) is 0 Å². The summed E-state index contributed by atoms with van der Waals surface area (Å²) < 4.78 is 5.64. The van der Waals surface area contributed by atoms with Gasteiger partial charge in [-0.3, -0.25) is 0 Å². The first-order valence-electron chi connectivity index (χ1n) is 5.86. The zero-order valence-corrected chi connectivity index (χ0v) is 10.1. The van der Waals surface area contributed by atoms with Gasteiger partial charge in [-0.05, 0) is 44.6 Å². The summed E-state index contributed by atoms with van der Waals surface area (Å²) in [6.07, 6.45) is 3.97. The predicted octanol–water partition coefficient (Wildman–Crippen LogP) is 2.44. The summed E-state index contributed by atoms with van der Waals surface area (Å²) in [7, 11) is 2.06. The fourth-order valence-corrected chi connectivity index (χ4v) is 1.96. The molecule has 14 heavy (non-hydrogen) atoms. The van der Waals surface area contributed by atoms with Crippen LogP contribution in [-0.2, 0) is 4.74 Å². The van der Waals surface area contributed by atoms with Crippen molar-refractivity contribution < 1.29 is 4.74 Å². The van der Waals surface area contributed by atoms with Crippen LogP contribution >= 0.6 is 0 Å². The Morgan fingerprint density at radius 3 is 2.36 bits per heavy atom. The summed E-state index contributed by atoms with van der Waals surface area (Å²) in [5.74, 6) is 0.659. The van der Waals surface area contributed by atoms with Crippen LogP contribution in [0.5, 0.6) is 0 Å². The number of nitrogens with one attached hydrogen (secondary N) is 1. The third-order valence-electron chi connectivity index (χ3n) is 3.44. The summed E-state index contributed by atoms with van der Waals surface area (Å²) in [4.78, 5) is 0. The van der Waals surface area contributed by atoms with Crippen LogP contribution < -0.4 is 5.32 Å². The van der Waals surface area contributed by atoms with Crippen LogP contribution in [0.1, 0.15) is 40.0 Å². The maximum Gasteiger partial charge on any atom is 0.0488 e. The lowest BCUT2D eigenvalue weighted by Gasteiger charge is -2.22. The smallest absolute Gasteiger partial charge is 0.0488 e. The van der Waals surface area contributed by atoms with Gasteiger partial charge in [0, 0.05) is 19.3 Å². The normalized spacial score (nSPS) is 21.2. The van der Waals surface area contributed by atoms with E-state index >= 15 is 0 Å². The second kappa shape index (κ2) is 5.13. The van der Waals surface area contributed by atoms with Gasteiger partial charge in [0.25, 0.3) is 0 Å². The van der Waals surface area contributed by atoms with Gasteiger partial charge in [0.2, 0.25) is 0 Å². The molecule has 1 unspecified atom stereocenters. The van der Waals surface area contributed by atoms with Crippen molar-refractivity contribution in [3.8, 4) is 0 Å². The van der Waals surface area contributed by atoms with Gasteiger partial charge in [-0.25, -0.2) is 0 Å². The predicted molar refractivity (Wildman–Crippen MR) is 60.5 cm³/mol. The van der Waals surface area contributed by atoms with Crippen LogP contribution in [0, 0.1) is 11.3 Å². The summed E-state index contributed by atoms with van der Waals surface area (Å²) >= 11 is 0. The Morgan fingerprint density at radius 1 is 1.29 bits per heavy atom. The highest BCUT2D eigenvalue weighted by molar-refractivity contribution is 4.99. The molecule has 0 aromatic rings. The van der Waals surface area contributed by atoms with E-state index in [-0.39, 0.29) is 0 Å². The molecule has 1 saturated carbocycles. The first-order chi connectivity index (χ1) is 6.60. The Morgan fingerprint density at radius 2 is 1.93 bits per heavy atom. The molecule has 1 rings (SSSR count). The number of hydrogen-bond acceptors (Lipinski definition) is 2. The van der Waals surface area contributed by atoms with Gasteiger partial charge in [-0.2, -0.15) is 0 Å². The Balaban J connectivity index is 2.12. The lowest BCUT2D eigenvalue weighted by molar-refractivity contribution is 0.0903. The molecule has 0 aromatic heterocycles. The van der Waals surface area contributed by atoms with Crippen LogP contribution in [-0.4, -0.2) is 26.3 Å². The minimum absolute atomic E-state index is 0.561. The first kappa shape index (κ1) is 12.0. The third-order valence-corrected chi connectivity index (χ3v) is 3.44. The molecule has 1 aliphatic carbocycles. The second-order valence-electron chi connectivity index (χ2n) is 5.09. The number of ether oxygens (including phenoxy) is 1. The van der Waals surface area contributed by atoms with Crippen molar-refractivity contribution in [2.75, 3.05) is 20.3 Å². The molecule has 0 spiro atoms. The van der Waals surface area contributed by atoms with Gasteiger partial charge in [0.15, 0.2) is 0 Å². The number of hydrogen-bond donors (Lipinski definition) is 1. The molecular formula is C12H25NO. The Labute approximate surface area is 88.4 Å². The summed E-state index contributed by atoms with van der Waals surface area (Å²) in [5, 5.41) is 3.36. The average molecular weight is 199 g/mol. The zero-order valence-electron chi connectivity index (χ0n) is 10.1. The van der Waals surface area contributed by atoms with Crippen LogP contribution in [0.3, 0.4) is 0 Å². The van der Waals surface area contributed by atoms with Gasteiger partial charge in [0.1, 0.15) is 0 Å². The maximum atomic E-state index is 5.64. The molecule has 0 heterocycles. The fourth-order valence-electron chi connectivity index (χ4n) is 1.96. The summed E-state index contributed by atoms with van der Waals surface area (Å²) in [5.41, 5.74) is 0.561. The molecule has 0 amide bonds. The maximum absolute atomic E-state index is 5.64. The van der Waals surface area contributed by atoms with Crippen LogP contribution in [0.2, 0.25) is 0 Å². The molecule has 1 N–H and O–H groups in total. The lowest BCUT2D eigenvalue weighted by atomic mass is 9.94. The molecule has 0 radical (unpaired) electrons. The molecule has 1 aliphatic rings. The van der Waals surface area contributed by atoms with Crippen LogP contribution in [0.15, 0.2) is 0 Å². The molecule has 1 fully saturated rings. The van der Waals surface area contributed by atoms with E-state index in [9.17, 15) is 0 Å². The largest absolute Gasteiger partial charge is 0.381 e. The molecule has 0 aliphatic heterocycles. The van der Waals surface area contributed by atoms with E-state index in [1.807, 2.05) is 0 Å². The topological polar surface area (TPSA) is 21.3 Å². The van der Waals surface area contributed by atoms with Crippen molar-refractivity contribution in [1.82, 2.24) is 5.32 Å². The summed E-state index contributed by atoms with van der Waals surface area (Å²) in [6, 6.07) is 0.644. The quantitative estimate of drug-likeness (QED) is 0.636. The lowest BCUT2D eigenvalue weighted by Crippen LogP contribution is -2.32. The second-order valence-corrected chi connectivity index (χ2v) is 5.09. The molecule has 0 saturated heterocycles. The van der Waals surface area contributed by atoms with Gasteiger partial charge < -0.3 is 10.1 Å². The van der Waals surface area contributed by atoms with Crippen LogP contribution in [0.4, 0.5) is 0 Å². The fraction of sp³-hybridized carbons (Fsp3) is 1.00. The highest BCUT2D eigenvalue weighted by atomic mass is 16.5. The summed E-state index contributed by atoms with van der Waals surface area (Å²) in [6.45, 7) is 8.52. The molecule has 2 nitrogen and oxygen atoms in total. The van der Waals surface area contributed by atoms with Gasteiger partial charge in [0.05, 0.1) is 0 Å². The molecular weight excluding hydrogens is 174 g/mol. The van der Waals surface area contributed by atoms with E-state index in [0.29, 0.717) is 17.4 Å². The van der Waals surface area contributed by atoms with E-state index < -0.39 is 0 Å². The average Bonchev–Trinajstić information content (AvgIpc) is 2.92. The first-order valence-corrected chi connectivity index (χ1v) is 5.86. The zero-order chi connectivity index (χ0) is 10.6. The Kier molecular flexibility index (Phi) is 4.39. The van der Waals surface area contributed by atoms with E-state index in [2.05, 4.69) is 33.1 Å². The Bertz CT molecular complexity index is 164. The van der Waals surface area contributed by atoms with E-state index in [0.717, 1.165) is 13.2 Å². The minimum atomic E-state index is 0.561. The van der Waals surface area contributed by atoms with Crippen molar-refractivity contribution in [3.63, 3.8) is 0 Å². The monoisotopic (exact) mass is 199 g/mol. The highest BCUT2D eigenvalue weighted by Crippen LogP contribution is 2.51. The van der Waals surface area contributed by atoms with Crippen molar-refractivity contribution in [2.24, 2.45) is 11.3 Å². The van der Waals surface area contributed by atoms with Gasteiger partial charge >= 0.3 is 0 Å². The van der Waals surface area contributed by atoms with E-state index in [1.165, 1.54) is 19.3 Å².